The summed E-state index contributed by atoms with van der Waals surface area (Å²) in [6, 6.07) is 28.4. The molecule has 9 nitrogen and oxygen atoms in total. The predicted molar refractivity (Wildman–Crippen MR) is 189 cm³/mol. The Hall–Kier alpha value is -4.80. The molecule has 1 heterocycles. The van der Waals surface area contributed by atoms with E-state index >= 15 is 0 Å². The first-order valence-electron chi connectivity index (χ1n) is 15.6. The first kappa shape index (κ1) is 34.5. The number of rotatable bonds is 15. The minimum absolute atomic E-state index is 0.0556. The summed E-state index contributed by atoms with van der Waals surface area (Å²) >= 11 is 3.69. The molecule has 1 aliphatic heterocycles. The molecule has 250 valence electrons. The van der Waals surface area contributed by atoms with Gasteiger partial charge in [-0.2, -0.15) is 0 Å². The van der Waals surface area contributed by atoms with E-state index in [0.29, 0.717) is 53.1 Å². The van der Waals surface area contributed by atoms with Crippen LogP contribution in [0.4, 0.5) is 0 Å². The summed E-state index contributed by atoms with van der Waals surface area (Å²) in [6.07, 6.45) is 3.94. The maximum absolute atomic E-state index is 14.7. The first-order chi connectivity index (χ1) is 23.4. The predicted octanol–water partition coefficient (Wildman–Crippen LogP) is 6.91. The molecule has 0 saturated carbocycles. The standard InChI is InChI=1S/C38H39BrN2O7/c1-44-29-23-33(45-2)31(34(24-29)46-3)25-40-37(43)38(20-9-13-26-11-5-4-6-12-26)35(30-14-7-8-15-32(30)39)48-36(41-38)27-16-18-28(19-17-27)47-22-10-21-42/h4-9,11-19,23-24,35,42H,10,20-22,25H2,1-3H3,(H,40,43)/b13-9+/t35-,38-/m1/s1. The lowest BCUT2D eigenvalue weighted by atomic mass is 9.84. The zero-order valence-electron chi connectivity index (χ0n) is 27.1. The van der Waals surface area contributed by atoms with Gasteiger partial charge in [0.1, 0.15) is 23.0 Å². The number of halogens is 1. The van der Waals surface area contributed by atoms with Gasteiger partial charge in [-0.25, -0.2) is 4.99 Å². The highest BCUT2D eigenvalue weighted by Crippen LogP contribution is 2.45. The SMILES string of the molecule is COc1cc(OC)c(CNC(=O)[C@]2(C/C=C/c3ccccc3)N=C(c3ccc(OCCCO)cc3)O[C@@H]2c2ccccc2Br)c(OC)c1. The van der Waals surface area contributed by atoms with Crippen molar-refractivity contribution in [2.45, 2.75) is 31.0 Å². The smallest absolute Gasteiger partial charge is 0.252 e. The maximum atomic E-state index is 14.7. The normalized spacial score (nSPS) is 17.0. The zero-order chi connectivity index (χ0) is 33.9. The number of carbonyl (C=O) groups excluding carboxylic acids is 1. The second-order valence-corrected chi connectivity index (χ2v) is 11.9. The van der Waals surface area contributed by atoms with E-state index in [4.69, 9.17) is 33.8 Å². The highest BCUT2D eigenvalue weighted by atomic mass is 79.9. The first-order valence-corrected chi connectivity index (χ1v) is 16.4. The summed E-state index contributed by atoms with van der Waals surface area (Å²) in [4.78, 5) is 19.8. The van der Waals surface area contributed by atoms with Crippen molar-refractivity contribution in [1.82, 2.24) is 5.32 Å². The zero-order valence-corrected chi connectivity index (χ0v) is 28.7. The highest BCUT2D eigenvalue weighted by Gasteiger charge is 2.53. The highest BCUT2D eigenvalue weighted by molar-refractivity contribution is 9.10. The van der Waals surface area contributed by atoms with Crippen molar-refractivity contribution in [2.75, 3.05) is 34.5 Å². The lowest BCUT2D eigenvalue weighted by Gasteiger charge is -2.30. The number of aliphatic imine (C=N–C) groups is 1. The maximum Gasteiger partial charge on any atom is 0.252 e. The molecule has 4 aromatic carbocycles. The average molecular weight is 716 g/mol. The van der Waals surface area contributed by atoms with Crippen molar-refractivity contribution >= 4 is 33.8 Å². The minimum Gasteiger partial charge on any atom is -0.496 e. The number of nitrogens with one attached hydrogen (secondary N) is 1. The van der Waals surface area contributed by atoms with E-state index < -0.39 is 11.6 Å². The summed E-state index contributed by atoms with van der Waals surface area (Å²) in [5.74, 6) is 2.25. The number of hydrogen-bond donors (Lipinski definition) is 2. The van der Waals surface area contributed by atoms with Gasteiger partial charge >= 0.3 is 0 Å². The number of hydrogen-bond acceptors (Lipinski definition) is 8. The Balaban J connectivity index is 1.56. The van der Waals surface area contributed by atoms with E-state index in [1.807, 2.05) is 91.0 Å². The second-order valence-electron chi connectivity index (χ2n) is 11.0. The Bertz CT molecular complexity index is 1720. The monoisotopic (exact) mass is 714 g/mol. The summed E-state index contributed by atoms with van der Waals surface area (Å²) < 4.78 is 29.9. The molecule has 0 aliphatic carbocycles. The Morgan fingerprint density at radius 3 is 2.27 bits per heavy atom. The van der Waals surface area contributed by atoms with Gasteiger partial charge in [0.05, 0.1) is 40.0 Å². The van der Waals surface area contributed by atoms with Crippen LogP contribution in [0.5, 0.6) is 23.0 Å². The number of methoxy groups -OCH3 is 3. The number of aliphatic hydroxyl groups is 1. The molecule has 0 bridgehead atoms. The number of amides is 1. The van der Waals surface area contributed by atoms with Crippen molar-refractivity contribution in [1.29, 1.82) is 0 Å². The molecule has 5 rings (SSSR count). The van der Waals surface area contributed by atoms with Gasteiger partial charge in [-0.15, -0.1) is 0 Å². The fraction of sp³-hybridized carbons (Fsp3) is 0.263. The molecule has 2 atom stereocenters. The van der Waals surface area contributed by atoms with Crippen LogP contribution >= 0.6 is 15.9 Å². The van der Waals surface area contributed by atoms with E-state index in [9.17, 15) is 4.79 Å². The molecular formula is C38H39BrN2O7. The van der Waals surface area contributed by atoms with E-state index in [-0.39, 0.29) is 25.5 Å². The van der Waals surface area contributed by atoms with Crippen LogP contribution in [0.25, 0.3) is 6.08 Å². The van der Waals surface area contributed by atoms with Gasteiger partial charge in [0.25, 0.3) is 5.91 Å². The van der Waals surface area contributed by atoms with Crippen molar-refractivity contribution in [3.8, 4) is 23.0 Å². The van der Waals surface area contributed by atoms with Crippen molar-refractivity contribution in [2.24, 2.45) is 4.99 Å². The Morgan fingerprint density at radius 2 is 1.62 bits per heavy atom. The third-order valence-corrected chi connectivity index (χ3v) is 8.72. The van der Waals surface area contributed by atoms with Gasteiger partial charge in [0, 0.05) is 47.2 Å². The summed E-state index contributed by atoms with van der Waals surface area (Å²) in [5, 5.41) is 12.2. The lowest BCUT2D eigenvalue weighted by molar-refractivity contribution is -0.129. The number of benzene rings is 4. The number of aliphatic hydroxyl groups excluding tert-OH is 1. The lowest BCUT2D eigenvalue weighted by Crippen LogP contribution is -2.48. The van der Waals surface area contributed by atoms with Gasteiger partial charge in [-0.3, -0.25) is 4.79 Å². The molecule has 48 heavy (non-hydrogen) atoms. The molecule has 4 aromatic rings. The van der Waals surface area contributed by atoms with Crippen molar-refractivity contribution < 1.29 is 33.6 Å². The van der Waals surface area contributed by atoms with E-state index in [1.54, 1.807) is 33.5 Å². The van der Waals surface area contributed by atoms with Crippen LogP contribution < -0.4 is 24.3 Å². The van der Waals surface area contributed by atoms with Crippen LogP contribution in [0.3, 0.4) is 0 Å². The van der Waals surface area contributed by atoms with Crippen molar-refractivity contribution in [3.63, 3.8) is 0 Å². The number of ether oxygens (including phenoxy) is 5. The number of carbonyl (C=O) groups is 1. The molecular weight excluding hydrogens is 676 g/mol. The van der Waals surface area contributed by atoms with Gasteiger partial charge in [-0.05, 0) is 35.9 Å². The summed E-state index contributed by atoms with van der Waals surface area (Å²) in [6.45, 7) is 0.561. The van der Waals surface area contributed by atoms with Crippen LogP contribution in [0.2, 0.25) is 0 Å². The largest absolute Gasteiger partial charge is 0.496 e. The molecule has 0 radical (unpaired) electrons. The third kappa shape index (κ3) is 7.83. The van der Waals surface area contributed by atoms with Crippen LogP contribution in [-0.2, 0) is 16.1 Å². The Morgan fingerprint density at radius 1 is 0.938 bits per heavy atom. The average Bonchev–Trinajstić information content (AvgIpc) is 3.51. The third-order valence-electron chi connectivity index (χ3n) is 8.00. The molecule has 0 saturated heterocycles. The van der Waals surface area contributed by atoms with E-state index in [2.05, 4.69) is 21.2 Å². The Labute approximate surface area is 289 Å². The molecule has 0 spiro atoms. The van der Waals surface area contributed by atoms with Crippen LogP contribution in [-0.4, -0.2) is 57.0 Å². The second kappa shape index (κ2) is 16.3. The van der Waals surface area contributed by atoms with Gasteiger partial charge < -0.3 is 34.1 Å². The number of nitrogens with zero attached hydrogens (tertiary/aromatic N) is 1. The summed E-state index contributed by atoms with van der Waals surface area (Å²) in [5.41, 5.74) is 1.73. The van der Waals surface area contributed by atoms with Crippen LogP contribution in [0, 0.1) is 0 Å². The quantitative estimate of drug-likeness (QED) is 0.129. The summed E-state index contributed by atoms with van der Waals surface area (Å²) in [7, 11) is 4.68. The molecule has 0 unspecified atom stereocenters. The van der Waals surface area contributed by atoms with E-state index in [0.717, 1.165) is 15.6 Å². The van der Waals surface area contributed by atoms with E-state index in [1.165, 1.54) is 0 Å². The fourth-order valence-electron chi connectivity index (χ4n) is 5.49. The fourth-order valence-corrected chi connectivity index (χ4v) is 5.99. The Kier molecular flexibility index (Phi) is 11.8. The van der Waals surface area contributed by atoms with Crippen LogP contribution in [0.15, 0.2) is 107 Å². The van der Waals surface area contributed by atoms with Gasteiger partial charge in [0.2, 0.25) is 5.90 Å². The molecule has 1 amide bonds. The molecule has 10 heteroatoms. The van der Waals surface area contributed by atoms with Gasteiger partial charge in [-0.1, -0.05) is 76.6 Å². The molecule has 0 aromatic heterocycles. The van der Waals surface area contributed by atoms with Crippen molar-refractivity contribution in [3.05, 3.63) is 124 Å². The molecule has 0 fully saturated rings. The van der Waals surface area contributed by atoms with Crippen LogP contribution in [0.1, 0.15) is 41.2 Å². The topological polar surface area (TPSA) is 108 Å². The molecule has 1 aliphatic rings. The molecule has 2 N–H and O–H groups in total. The minimum atomic E-state index is -1.40. The van der Waals surface area contributed by atoms with Gasteiger partial charge in [0.15, 0.2) is 11.6 Å².